The van der Waals surface area contributed by atoms with E-state index in [0.29, 0.717) is 6.54 Å². The van der Waals surface area contributed by atoms with Crippen molar-refractivity contribution in [3.63, 3.8) is 0 Å². The Kier molecular flexibility index (Phi) is 4.81. The number of nitrogens with zero attached hydrogens (tertiary/aromatic N) is 5. The summed E-state index contributed by atoms with van der Waals surface area (Å²) in [4.78, 5) is 12.5. The quantitative estimate of drug-likeness (QED) is 0.701. The molecule has 0 unspecified atom stereocenters. The van der Waals surface area contributed by atoms with Crippen molar-refractivity contribution in [2.75, 3.05) is 7.11 Å². The van der Waals surface area contributed by atoms with Crippen molar-refractivity contribution in [1.82, 2.24) is 29.9 Å². The molecule has 0 radical (unpaired) electrons. The minimum Gasteiger partial charge on any atom is -0.496 e. The molecule has 4 rings (SSSR count). The average molecular weight is 384 g/mol. The summed E-state index contributed by atoms with van der Waals surface area (Å²) in [7, 11) is 3.35. The topological polar surface area (TPSA) is 86.9 Å². The van der Waals surface area contributed by atoms with Crippen LogP contribution in [0.4, 0.5) is 4.39 Å². The van der Waals surface area contributed by atoms with Crippen LogP contribution in [-0.4, -0.2) is 43.6 Å². The zero-order valence-electron chi connectivity index (χ0n) is 15.7. The molecule has 146 valence electrons. The highest BCUT2D eigenvalue weighted by atomic mass is 19.1. The Hall–Kier alpha value is -3.23. The summed E-state index contributed by atoms with van der Waals surface area (Å²) in [6.45, 7) is 0.552. The lowest BCUT2D eigenvalue weighted by Crippen LogP contribution is -2.44. The fraction of sp³-hybridized carbons (Fsp3) is 0.368. The molecule has 1 aliphatic carbocycles. The van der Waals surface area contributed by atoms with E-state index in [1.807, 2.05) is 23.9 Å². The molecule has 9 heteroatoms. The fourth-order valence-corrected chi connectivity index (χ4v) is 3.51. The van der Waals surface area contributed by atoms with Gasteiger partial charge in [-0.2, -0.15) is 5.10 Å². The number of aromatic nitrogens is 5. The summed E-state index contributed by atoms with van der Waals surface area (Å²) >= 11 is 0. The molecule has 0 bridgehead atoms. The van der Waals surface area contributed by atoms with Crippen molar-refractivity contribution in [2.45, 2.75) is 31.3 Å². The molecule has 1 amide bonds. The molecule has 0 atom stereocenters. The van der Waals surface area contributed by atoms with Crippen LogP contribution in [0.2, 0.25) is 0 Å². The smallest absolute Gasteiger partial charge is 0.258 e. The highest BCUT2D eigenvalue weighted by molar-refractivity contribution is 5.97. The summed E-state index contributed by atoms with van der Waals surface area (Å²) < 4.78 is 22.9. The molecule has 8 nitrogen and oxygen atoms in total. The van der Waals surface area contributed by atoms with Gasteiger partial charge in [0.1, 0.15) is 29.5 Å². The van der Waals surface area contributed by atoms with Crippen molar-refractivity contribution in [1.29, 1.82) is 0 Å². The van der Waals surface area contributed by atoms with Crippen LogP contribution in [0.1, 0.15) is 40.8 Å². The minimum atomic E-state index is -0.593. The van der Waals surface area contributed by atoms with Gasteiger partial charge in [0.2, 0.25) is 0 Å². The standard InChI is InChI=1S/C19H21FN6O2/c1-25-16(11-26-8-4-7-21-26)23-24-18(25)12-9-13(10-12)22-19(27)17-14(20)5-3-6-15(17)28-2/h3-8,12-13H,9-11H2,1-2H3,(H,22,27). The number of ether oxygens (including phenoxy) is 1. The predicted molar refractivity (Wildman–Crippen MR) is 98.5 cm³/mol. The maximum absolute atomic E-state index is 14.0. The maximum Gasteiger partial charge on any atom is 0.258 e. The Bertz CT molecular complexity index is 978. The predicted octanol–water partition coefficient (Wildman–Crippen LogP) is 1.88. The first kappa shape index (κ1) is 18.1. The van der Waals surface area contributed by atoms with Gasteiger partial charge in [0, 0.05) is 31.4 Å². The molecule has 28 heavy (non-hydrogen) atoms. The number of carbonyl (C=O) groups excluding carboxylic acids is 1. The molecule has 1 N–H and O–H groups in total. The number of carbonyl (C=O) groups is 1. The first-order valence-corrected chi connectivity index (χ1v) is 9.05. The summed E-state index contributed by atoms with van der Waals surface area (Å²) in [5, 5.41) is 15.6. The largest absolute Gasteiger partial charge is 0.496 e. The van der Waals surface area contributed by atoms with Gasteiger partial charge >= 0.3 is 0 Å². The van der Waals surface area contributed by atoms with E-state index < -0.39 is 11.7 Å². The second kappa shape index (κ2) is 7.41. The van der Waals surface area contributed by atoms with E-state index in [2.05, 4.69) is 20.6 Å². The Labute approximate surface area is 161 Å². The molecular formula is C19H21FN6O2. The maximum atomic E-state index is 14.0. The number of halogens is 1. The third kappa shape index (κ3) is 3.35. The van der Waals surface area contributed by atoms with Crippen molar-refractivity contribution < 1.29 is 13.9 Å². The van der Waals surface area contributed by atoms with Crippen LogP contribution in [0, 0.1) is 5.82 Å². The molecule has 2 aromatic heterocycles. The van der Waals surface area contributed by atoms with Gasteiger partial charge in [-0.25, -0.2) is 4.39 Å². The molecule has 1 aromatic carbocycles. The summed E-state index contributed by atoms with van der Waals surface area (Å²) in [5.74, 6) is 1.08. The van der Waals surface area contributed by atoms with E-state index >= 15 is 0 Å². The monoisotopic (exact) mass is 384 g/mol. The highest BCUT2D eigenvalue weighted by Gasteiger charge is 2.35. The molecule has 0 aliphatic heterocycles. The SMILES string of the molecule is COc1cccc(F)c1C(=O)NC1CC(c2nnc(Cn3cccn3)n2C)C1. The van der Waals surface area contributed by atoms with Gasteiger partial charge in [-0.3, -0.25) is 9.48 Å². The van der Waals surface area contributed by atoms with Gasteiger partial charge in [-0.15, -0.1) is 10.2 Å². The lowest BCUT2D eigenvalue weighted by molar-refractivity contribution is 0.0899. The summed E-state index contributed by atoms with van der Waals surface area (Å²) in [6.07, 6.45) is 5.06. The molecule has 0 saturated heterocycles. The van der Waals surface area contributed by atoms with E-state index in [1.54, 1.807) is 16.9 Å². The second-order valence-electron chi connectivity index (χ2n) is 6.89. The molecule has 2 heterocycles. The zero-order valence-corrected chi connectivity index (χ0v) is 15.7. The number of hydrogen-bond donors (Lipinski definition) is 1. The molecule has 1 saturated carbocycles. The minimum absolute atomic E-state index is 0.0342. The highest BCUT2D eigenvalue weighted by Crippen LogP contribution is 2.36. The Morgan fingerprint density at radius 2 is 2.14 bits per heavy atom. The van der Waals surface area contributed by atoms with E-state index in [9.17, 15) is 9.18 Å². The number of rotatable bonds is 6. The number of nitrogens with one attached hydrogen (secondary N) is 1. The Morgan fingerprint density at radius 1 is 1.32 bits per heavy atom. The van der Waals surface area contributed by atoms with Crippen molar-refractivity contribution >= 4 is 5.91 Å². The van der Waals surface area contributed by atoms with Crippen LogP contribution in [-0.2, 0) is 13.6 Å². The van der Waals surface area contributed by atoms with Crippen LogP contribution in [0.15, 0.2) is 36.7 Å². The van der Waals surface area contributed by atoms with Crippen LogP contribution in [0.3, 0.4) is 0 Å². The fourth-order valence-electron chi connectivity index (χ4n) is 3.51. The lowest BCUT2D eigenvalue weighted by atomic mass is 9.79. The third-order valence-electron chi connectivity index (χ3n) is 5.12. The summed E-state index contributed by atoms with van der Waals surface area (Å²) in [6, 6.07) is 6.16. The molecule has 1 aliphatic rings. The first-order chi connectivity index (χ1) is 13.6. The normalized spacial score (nSPS) is 18.5. The Morgan fingerprint density at radius 3 is 2.86 bits per heavy atom. The van der Waals surface area contributed by atoms with Gasteiger partial charge in [0.25, 0.3) is 5.91 Å². The first-order valence-electron chi connectivity index (χ1n) is 9.05. The van der Waals surface area contributed by atoms with Crippen molar-refractivity contribution in [2.24, 2.45) is 7.05 Å². The van der Waals surface area contributed by atoms with Crippen LogP contribution < -0.4 is 10.1 Å². The van der Waals surface area contributed by atoms with Gasteiger partial charge in [0.15, 0.2) is 5.82 Å². The number of amides is 1. The summed E-state index contributed by atoms with van der Waals surface area (Å²) in [5.41, 5.74) is -0.0615. The van der Waals surface area contributed by atoms with Crippen LogP contribution in [0.25, 0.3) is 0 Å². The van der Waals surface area contributed by atoms with E-state index in [0.717, 1.165) is 24.5 Å². The lowest BCUT2D eigenvalue weighted by Gasteiger charge is -2.35. The molecular weight excluding hydrogens is 363 g/mol. The molecule has 3 aromatic rings. The zero-order chi connectivity index (χ0) is 19.7. The van der Waals surface area contributed by atoms with Gasteiger partial charge < -0.3 is 14.6 Å². The number of benzene rings is 1. The second-order valence-corrected chi connectivity index (χ2v) is 6.89. The third-order valence-corrected chi connectivity index (χ3v) is 5.12. The Balaban J connectivity index is 1.38. The van der Waals surface area contributed by atoms with Crippen molar-refractivity contribution in [3.05, 3.63) is 59.7 Å². The average Bonchev–Trinajstić information content (AvgIpc) is 3.28. The van der Waals surface area contributed by atoms with E-state index in [4.69, 9.17) is 4.74 Å². The van der Waals surface area contributed by atoms with Crippen LogP contribution in [0.5, 0.6) is 5.75 Å². The van der Waals surface area contributed by atoms with Crippen LogP contribution >= 0.6 is 0 Å². The van der Waals surface area contributed by atoms with E-state index in [-0.39, 0.29) is 23.3 Å². The van der Waals surface area contributed by atoms with Gasteiger partial charge in [-0.1, -0.05) is 6.07 Å². The number of methoxy groups -OCH3 is 1. The van der Waals surface area contributed by atoms with Crippen molar-refractivity contribution in [3.8, 4) is 5.75 Å². The molecule has 1 fully saturated rings. The van der Waals surface area contributed by atoms with E-state index in [1.165, 1.54) is 19.2 Å². The molecule has 0 spiro atoms. The van der Waals surface area contributed by atoms with Gasteiger partial charge in [0.05, 0.1) is 7.11 Å². The van der Waals surface area contributed by atoms with Gasteiger partial charge in [-0.05, 0) is 31.0 Å². The number of hydrogen-bond acceptors (Lipinski definition) is 5.